The molecule has 0 aromatic carbocycles. The summed E-state index contributed by atoms with van der Waals surface area (Å²) < 4.78 is 5.14. The van der Waals surface area contributed by atoms with E-state index < -0.39 is 23.5 Å². The number of ether oxygens (including phenoxy) is 1. The molecule has 0 aliphatic carbocycles. The van der Waals surface area contributed by atoms with Gasteiger partial charge in [0.1, 0.15) is 12.0 Å². The van der Waals surface area contributed by atoms with Crippen molar-refractivity contribution in [2.45, 2.75) is 19.9 Å². The molecule has 1 aliphatic rings. The Hall–Kier alpha value is -1.83. The van der Waals surface area contributed by atoms with E-state index in [9.17, 15) is 19.5 Å². The molecule has 1 rings (SSSR count). The largest absolute Gasteiger partial charge is 0.481 e. The van der Waals surface area contributed by atoms with Crippen LogP contribution in [0, 0.1) is 5.41 Å². The number of carboxylic acid groups (broad SMARTS) is 1. The molecular formula is C12H21N3O5. The van der Waals surface area contributed by atoms with Gasteiger partial charge in [-0.2, -0.15) is 0 Å². The Morgan fingerprint density at radius 1 is 1.45 bits per heavy atom. The average Bonchev–Trinajstić information content (AvgIpc) is 2.72. The van der Waals surface area contributed by atoms with E-state index in [1.54, 1.807) is 6.92 Å². The second kappa shape index (κ2) is 6.56. The molecule has 1 fully saturated rings. The van der Waals surface area contributed by atoms with Crippen LogP contribution in [0.15, 0.2) is 0 Å². The van der Waals surface area contributed by atoms with Gasteiger partial charge in [0.2, 0.25) is 5.91 Å². The number of rotatable bonds is 5. The van der Waals surface area contributed by atoms with Crippen molar-refractivity contribution in [2.75, 3.05) is 33.4 Å². The molecule has 2 unspecified atom stereocenters. The highest BCUT2D eigenvalue weighted by atomic mass is 16.5. The van der Waals surface area contributed by atoms with E-state index in [4.69, 9.17) is 4.74 Å². The van der Waals surface area contributed by atoms with Crippen molar-refractivity contribution < 1.29 is 24.2 Å². The summed E-state index contributed by atoms with van der Waals surface area (Å²) in [7, 11) is 1.47. The van der Waals surface area contributed by atoms with Gasteiger partial charge in [-0.15, -0.1) is 0 Å². The summed E-state index contributed by atoms with van der Waals surface area (Å²) in [6.07, 6.45) is 0. The highest BCUT2D eigenvalue weighted by Crippen LogP contribution is 2.28. The van der Waals surface area contributed by atoms with E-state index in [0.29, 0.717) is 6.54 Å². The number of hydrogen-bond donors (Lipinski definition) is 3. The molecular weight excluding hydrogens is 266 g/mol. The summed E-state index contributed by atoms with van der Waals surface area (Å²) in [6, 6.07) is -1.12. The summed E-state index contributed by atoms with van der Waals surface area (Å²) in [5.74, 6) is -1.29. The van der Waals surface area contributed by atoms with E-state index in [2.05, 4.69) is 10.6 Å². The Kier molecular flexibility index (Phi) is 5.32. The van der Waals surface area contributed by atoms with Crippen molar-refractivity contribution >= 4 is 17.9 Å². The van der Waals surface area contributed by atoms with Crippen molar-refractivity contribution in [1.29, 1.82) is 0 Å². The lowest BCUT2D eigenvalue weighted by Gasteiger charge is -2.27. The zero-order chi connectivity index (χ0) is 15.3. The van der Waals surface area contributed by atoms with Crippen LogP contribution < -0.4 is 10.6 Å². The second-order valence-corrected chi connectivity index (χ2v) is 5.05. The van der Waals surface area contributed by atoms with Crippen LogP contribution in [0.2, 0.25) is 0 Å². The molecule has 8 nitrogen and oxygen atoms in total. The van der Waals surface area contributed by atoms with Crippen LogP contribution in [0.5, 0.6) is 0 Å². The number of nitrogens with one attached hydrogen (secondary N) is 2. The van der Waals surface area contributed by atoms with Gasteiger partial charge in [-0.1, -0.05) is 0 Å². The van der Waals surface area contributed by atoms with Crippen LogP contribution in [0.4, 0.5) is 4.79 Å². The normalized spacial score (nSPS) is 25.1. The molecule has 0 radical (unpaired) electrons. The molecule has 0 saturated carbocycles. The third-order valence-electron chi connectivity index (χ3n) is 3.34. The third kappa shape index (κ3) is 3.60. The number of urea groups is 1. The highest BCUT2D eigenvalue weighted by molar-refractivity contribution is 5.84. The molecule has 0 bridgehead atoms. The van der Waals surface area contributed by atoms with E-state index >= 15 is 0 Å². The predicted octanol–water partition coefficient (Wildman–Crippen LogP) is -0.746. The molecule has 8 heteroatoms. The van der Waals surface area contributed by atoms with Crippen molar-refractivity contribution in [2.24, 2.45) is 5.41 Å². The maximum absolute atomic E-state index is 11.9. The molecule has 20 heavy (non-hydrogen) atoms. The van der Waals surface area contributed by atoms with Crippen LogP contribution in [0.3, 0.4) is 0 Å². The minimum absolute atomic E-state index is 0.0489. The zero-order valence-electron chi connectivity index (χ0n) is 11.9. The van der Waals surface area contributed by atoms with Gasteiger partial charge in [0.25, 0.3) is 0 Å². The fourth-order valence-corrected chi connectivity index (χ4v) is 1.88. The molecule has 114 valence electrons. The second-order valence-electron chi connectivity index (χ2n) is 5.05. The third-order valence-corrected chi connectivity index (χ3v) is 3.34. The van der Waals surface area contributed by atoms with Crippen LogP contribution in [-0.2, 0) is 14.3 Å². The number of carbonyl (C=O) groups is 3. The predicted molar refractivity (Wildman–Crippen MR) is 70.2 cm³/mol. The van der Waals surface area contributed by atoms with Crippen molar-refractivity contribution in [3.63, 3.8) is 0 Å². The smallest absolute Gasteiger partial charge is 0.317 e. The van der Waals surface area contributed by atoms with Crippen molar-refractivity contribution in [3.05, 3.63) is 0 Å². The van der Waals surface area contributed by atoms with Gasteiger partial charge in [-0.3, -0.25) is 9.59 Å². The molecule has 0 aromatic heterocycles. The Morgan fingerprint density at radius 3 is 2.65 bits per heavy atom. The number of likely N-dealkylation sites (N-methyl/N-ethyl adjacent to an activating group) is 2. The minimum atomic E-state index is -1.15. The van der Waals surface area contributed by atoms with Crippen LogP contribution in [-0.4, -0.2) is 67.3 Å². The number of aliphatic carboxylic acids is 1. The molecule has 1 heterocycles. The van der Waals surface area contributed by atoms with E-state index in [1.807, 2.05) is 0 Å². The lowest BCUT2D eigenvalue weighted by atomic mass is 9.85. The Morgan fingerprint density at radius 2 is 2.10 bits per heavy atom. The number of nitrogens with zero attached hydrogens (tertiary/aromatic N) is 1. The van der Waals surface area contributed by atoms with Gasteiger partial charge in [0.15, 0.2) is 0 Å². The number of hydrogen-bond acceptors (Lipinski definition) is 4. The first-order valence-electron chi connectivity index (χ1n) is 6.40. The van der Waals surface area contributed by atoms with Crippen molar-refractivity contribution in [1.82, 2.24) is 15.5 Å². The van der Waals surface area contributed by atoms with E-state index in [1.165, 1.54) is 18.9 Å². The molecule has 3 amide bonds. The molecule has 3 N–H and O–H groups in total. The van der Waals surface area contributed by atoms with Crippen LogP contribution in [0.1, 0.15) is 13.8 Å². The van der Waals surface area contributed by atoms with Gasteiger partial charge in [-0.25, -0.2) is 4.79 Å². The maximum atomic E-state index is 11.9. The molecule has 0 aromatic rings. The minimum Gasteiger partial charge on any atom is -0.481 e. The van der Waals surface area contributed by atoms with E-state index in [-0.39, 0.29) is 25.7 Å². The molecule has 0 spiro atoms. The monoisotopic (exact) mass is 287 g/mol. The lowest BCUT2D eigenvalue weighted by molar-refractivity contribution is -0.148. The lowest BCUT2D eigenvalue weighted by Crippen LogP contribution is -2.53. The Bertz CT molecular complexity index is 401. The van der Waals surface area contributed by atoms with Gasteiger partial charge >= 0.3 is 12.0 Å². The van der Waals surface area contributed by atoms with Crippen LogP contribution >= 0.6 is 0 Å². The first-order chi connectivity index (χ1) is 9.31. The quantitative estimate of drug-likeness (QED) is 0.617. The summed E-state index contributed by atoms with van der Waals surface area (Å²) >= 11 is 0. The van der Waals surface area contributed by atoms with Crippen LogP contribution in [0.25, 0.3) is 0 Å². The maximum Gasteiger partial charge on any atom is 0.317 e. The first kappa shape index (κ1) is 16.2. The van der Waals surface area contributed by atoms with Gasteiger partial charge in [0, 0.05) is 13.6 Å². The SMILES string of the molecule is CCNC(=O)CN(C)C(=O)NC1COCC1(C)C(=O)O. The van der Waals surface area contributed by atoms with Crippen molar-refractivity contribution in [3.8, 4) is 0 Å². The van der Waals surface area contributed by atoms with E-state index in [0.717, 1.165) is 0 Å². The Labute approximate surface area is 117 Å². The Balaban J connectivity index is 2.57. The number of carboxylic acids is 1. The van der Waals surface area contributed by atoms with Gasteiger partial charge in [-0.05, 0) is 13.8 Å². The summed E-state index contributed by atoms with van der Waals surface area (Å²) in [6.45, 7) is 3.90. The molecule has 2 atom stereocenters. The highest BCUT2D eigenvalue weighted by Gasteiger charge is 2.47. The molecule has 1 saturated heterocycles. The van der Waals surface area contributed by atoms with Gasteiger partial charge in [0.05, 0.1) is 19.3 Å². The first-order valence-corrected chi connectivity index (χ1v) is 6.40. The zero-order valence-corrected chi connectivity index (χ0v) is 11.9. The summed E-state index contributed by atoms with van der Waals surface area (Å²) in [4.78, 5) is 35.8. The standard InChI is InChI=1S/C12H21N3O5/c1-4-13-9(16)5-15(3)11(19)14-8-6-20-7-12(8,2)10(17)18/h8H,4-7H2,1-3H3,(H,13,16)(H,14,19)(H,17,18). The fraction of sp³-hybridized carbons (Fsp3) is 0.750. The summed E-state index contributed by atoms with van der Waals surface area (Å²) in [5, 5.41) is 14.4. The number of carbonyl (C=O) groups excluding carboxylic acids is 2. The van der Waals surface area contributed by atoms with Gasteiger partial charge < -0.3 is 25.4 Å². The average molecular weight is 287 g/mol. The summed E-state index contributed by atoms with van der Waals surface area (Å²) in [5.41, 5.74) is -1.15. The molecule has 1 aliphatic heterocycles. The number of amides is 3. The fourth-order valence-electron chi connectivity index (χ4n) is 1.88. The topological polar surface area (TPSA) is 108 Å².